The molecule has 2 aromatic heterocycles. The van der Waals surface area contributed by atoms with E-state index in [1.807, 2.05) is 83.1 Å². The quantitative estimate of drug-likeness (QED) is 0.110. The van der Waals surface area contributed by atoms with E-state index in [2.05, 4.69) is 11.4 Å². The molecule has 7 rings (SSSR count). The van der Waals surface area contributed by atoms with E-state index in [4.69, 9.17) is 28.3 Å². The van der Waals surface area contributed by atoms with Crippen molar-refractivity contribution in [3.8, 4) is 45.9 Å². The molecule has 11 nitrogen and oxygen atoms in total. The van der Waals surface area contributed by atoms with Crippen LogP contribution in [0.4, 0.5) is 8.78 Å². The van der Waals surface area contributed by atoms with Crippen LogP contribution in [0.3, 0.4) is 0 Å². The van der Waals surface area contributed by atoms with Crippen LogP contribution in [0.1, 0.15) is 61.4 Å². The Hall–Kier alpha value is -5.68. The van der Waals surface area contributed by atoms with E-state index in [-0.39, 0.29) is 30.1 Å². The average molecular weight is 764 g/mol. The lowest BCUT2D eigenvalue weighted by Crippen LogP contribution is -2.35. The van der Waals surface area contributed by atoms with Gasteiger partial charge in [0.1, 0.15) is 28.9 Å². The van der Waals surface area contributed by atoms with Gasteiger partial charge >= 0.3 is 12.6 Å². The molecule has 6 aromatic rings. The Morgan fingerprint density at radius 1 is 0.982 bits per heavy atom. The van der Waals surface area contributed by atoms with Crippen molar-refractivity contribution in [2.24, 2.45) is 0 Å². The van der Waals surface area contributed by atoms with Crippen LogP contribution in [0.25, 0.3) is 56.2 Å². The van der Waals surface area contributed by atoms with Crippen LogP contribution in [-0.4, -0.2) is 63.9 Å². The van der Waals surface area contributed by atoms with Gasteiger partial charge in [0.2, 0.25) is 11.8 Å². The number of likely N-dealkylation sites (tertiary alicyclic amines) is 1. The van der Waals surface area contributed by atoms with Gasteiger partial charge < -0.3 is 28.7 Å². The molecule has 2 atom stereocenters. The molecule has 290 valence electrons. The summed E-state index contributed by atoms with van der Waals surface area (Å²) in [5.74, 6) is -0.333. The van der Waals surface area contributed by atoms with Crippen LogP contribution in [0.5, 0.6) is 5.75 Å². The Kier molecular flexibility index (Phi) is 11.2. The molecular formula is C43H43F2N5O6. The van der Waals surface area contributed by atoms with Crippen LogP contribution in [0, 0.1) is 25.2 Å². The summed E-state index contributed by atoms with van der Waals surface area (Å²) in [5.41, 5.74) is 8.55. The molecule has 13 heteroatoms. The molecule has 1 unspecified atom stereocenters. The van der Waals surface area contributed by atoms with Gasteiger partial charge in [-0.05, 0) is 112 Å². The lowest BCUT2D eigenvalue weighted by atomic mass is 9.91. The fraction of sp³-hybridized carbons (Fsp3) is 0.349. The molecular weight excluding hydrogens is 720 g/mol. The van der Waals surface area contributed by atoms with Crippen molar-refractivity contribution in [2.45, 2.75) is 85.4 Å². The first-order chi connectivity index (χ1) is 26.9. The van der Waals surface area contributed by atoms with Crippen molar-refractivity contribution in [1.82, 2.24) is 20.2 Å². The number of hydrogen-bond acceptors (Lipinski definition) is 10. The minimum atomic E-state index is -3.08. The van der Waals surface area contributed by atoms with Crippen LogP contribution >= 0.6 is 0 Å². The number of ether oxygens (including phenoxy) is 2. The van der Waals surface area contributed by atoms with Gasteiger partial charge in [0, 0.05) is 42.4 Å². The Bertz CT molecular complexity index is 2450. The third kappa shape index (κ3) is 8.00. The number of nitriles is 1. The predicted octanol–water partition coefficient (Wildman–Crippen LogP) is 9.01. The fourth-order valence-corrected chi connectivity index (χ4v) is 7.60. The number of carbonyl (C=O) groups is 1. The maximum atomic E-state index is 13.5. The van der Waals surface area contributed by atoms with Gasteiger partial charge in [-0.2, -0.15) is 14.0 Å². The lowest BCUT2D eigenvalue weighted by molar-refractivity contribution is -0.142. The number of hydrogen-bond donors (Lipinski definition) is 2. The maximum absolute atomic E-state index is 13.5. The van der Waals surface area contributed by atoms with Crippen molar-refractivity contribution in [3.63, 3.8) is 0 Å². The first-order valence-electron chi connectivity index (χ1n) is 18.6. The van der Waals surface area contributed by atoms with Gasteiger partial charge in [0.05, 0.1) is 17.8 Å². The molecule has 0 bridgehead atoms. The molecule has 0 spiro atoms. The predicted molar refractivity (Wildman–Crippen MR) is 207 cm³/mol. The third-order valence-corrected chi connectivity index (χ3v) is 10.2. The second-order valence-electron chi connectivity index (χ2n) is 14.5. The number of aromatic nitrogens is 2. The Morgan fingerprint density at radius 2 is 1.64 bits per heavy atom. The fourth-order valence-electron chi connectivity index (χ4n) is 7.60. The molecule has 4 aromatic carbocycles. The van der Waals surface area contributed by atoms with E-state index in [1.54, 1.807) is 11.0 Å². The topological polar surface area (TPSA) is 147 Å². The number of aliphatic carboxylic acids is 1. The monoisotopic (exact) mass is 763 g/mol. The molecule has 0 saturated carbocycles. The largest absolute Gasteiger partial charge is 0.480 e. The van der Waals surface area contributed by atoms with Gasteiger partial charge in [-0.3, -0.25) is 9.69 Å². The van der Waals surface area contributed by atoms with E-state index < -0.39 is 18.6 Å². The van der Waals surface area contributed by atoms with E-state index >= 15 is 0 Å². The normalized spacial score (nSPS) is 15.3. The second-order valence-corrected chi connectivity index (χ2v) is 14.5. The number of nitrogens with one attached hydrogen (secondary N) is 1. The molecule has 56 heavy (non-hydrogen) atoms. The van der Waals surface area contributed by atoms with Gasteiger partial charge in [-0.25, -0.2) is 9.97 Å². The highest BCUT2D eigenvalue weighted by Crippen LogP contribution is 2.39. The molecule has 1 aliphatic heterocycles. The van der Waals surface area contributed by atoms with E-state index in [0.29, 0.717) is 77.6 Å². The third-order valence-electron chi connectivity index (χ3n) is 10.2. The number of benzene rings is 4. The molecule has 3 heterocycles. The Labute approximate surface area is 322 Å². The summed E-state index contributed by atoms with van der Waals surface area (Å²) < 4.78 is 50.1. The summed E-state index contributed by atoms with van der Waals surface area (Å²) in [7, 11) is 0. The Morgan fingerprint density at radius 3 is 2.29 bits per heavy atom. The van der Waals surface area contributed by atoms with Gasteiger partial charge in [0.25, 0.3) is 0 Å². The molecule has 0 amide bonds. The van der Waals surface area contributed by atoms with Gasteiger partial charge in [-0.15, -0.1) is 0 Å². The number of carboxylic acids is 1. The Balaban J connectivity index is 1.19. The highest BCUT2D eigenvalue weighted by Gasteiger charge is 2.31. The number of rotatable bonds is 14. The van der Waals surface area contributed by atoms with Crippen LogP contribution in [0.15, 0.2) is 69.5 Å². The van der Waals surface area contributed by atoms with Gasteiger partial charge in [-0.1, -0.05) is 24.3 Å². The summed E-state index contributed by atoms with van der Waals surface area (Å²) in [6.07, 6.45) is 1.36. The van der Waals surface area contributed by atoms with E-state index in [0.717, 1.165) is 33.4 Å². The van der Waals surface area contributed by atoms with Crippen LogP contribution in [0.2, 0.25) is 0 Å². The smallest absolute Gasteiger partial charge is 0.387 e. The number of carboxylic acid groups (broad SMARTS) is 1. The standard InChI is InChI=1S/C43H43F2N5O6/c1-23(2)53-24(3)20-47-21-27-15-28(19-46)39-35(16-27)49-41(56-39)33-12-7-10-31(26(33)5)30-9-6-11-32(25(30)4)40-48-34-17-29(22-50-14-8-13-36(50)42(51)52)37(55-43(44)45)18-38(34)54-40/h6-7,9-12,15-18,23-24,36,43,47H,8,13-14,20-22H2,1-5H3,(H,51,52)/t24?,36-/m0/s1. The molecule has 0 radical (unpaired) electrons. The van der Waals surface area contributed by atoms with Crippen molar-refractivity contribution in [3.05, 3.63) is 88.5 Å². The lowest BCUT2D eigenvalue weighted by Gasteiger charge is -2.22. The number of oxazole rings is 2. The van der Waals surface area contributed by atoms with E-state index in [9.17, 15) is 23.9 Å². The molecule has 1 aliphatic rings. The van der Waals surface area contributed by atoms with Gasteiger partial charge in [0.15, 0.2) is 11.2 Å². The van der Waals surface area contributed by atoms with Crippen molar-refractivity contribution in [2.75, 3.05) is 13.1 Å². The number of nitrogens with zero attached hydrogens (tertiary/aromatic N) is 4. The number of alkyl halides is 2. The average Bonchev–Trinajstić information content (AvgIpc) is 3.90. The molecule has 0 aliphatic carbocycles. The zero-order valence-electron chi connectivity index (χ0n) is 31.9. The minimum Gasteiger partial charge on any atom is -0.480 e. The summed E-state index contributed by atoms with van der Waals surface area (Å²) in [6, 6.07) is 20.0. The minimum absolute atomic E-state index is 0.0420. The molecule has 1 fully saturated rings. The zero-order chi connectivity index (χ0) is 39.7. The first kappa shape index (κ1) is 38.6. The zero-order valence-corrected chi connectivity index (χ0v) is 31.9. The number of halogens is 2. The summed E-state index contributed by atoms with van der Waals surface area (Å²) in [4.78, 5) is 23.1. The molecule has 2 N–H and O–H groups in total. The maximum Gasteiger partial charge on any atom is 0.387 e. The highest BCUT2D eigenvalue weighted by atomic mass is 19.3. The first-order valence-corrected chi connectivity index (χ1v) is 18.6. The van der Waals surface area contributed by atoms with Crippen LogP contribution < -0.4 is 10.1 Å². The summed E-state index contributed by atoms with van der Waals surface area (Å²) in [5, 5.41) is 23.1. The summed E-state index contributed by atoms with van der Waals surface area (Å²) in [6.45, 7) is 8.75. The second kappa shape index (κ2) is 16.2. The SMILES string of the molecule is Cc1c(-c2nc3cc(CN4CCC[C@H]4C(=O)O)c(OC(F)F)cc3o2)cccc1-c1cccc(-c2nc3cc(CNCC(C)OC(C)C)cc(C#N)c3o2)c1C. The molecule has 1 saturated heterocycles. The summed E-state index contributed by atoms with van der Waals surface area (Å²) >= 11 is 0. The van der Waals surface area contributed by atoms with Crippen molar-refractivity contribution in [1.29, 1.82) is 5.26 Å². The van der Waals surface area contributed by atoms with Crippen molar-refractivity contribution < 1.29 is 37.0 Å². The van der Waals surface area contributed by atoms with Crippen LogP contribution in [-0.2, 0) is 22.6 Å². The number of fused-ring (bicyclic) bond motifs is 2. The highest BCUT2D eigenvalue weighted by molar-refractivity contribution is 5.86. The van der Waals surface area contributed by atoms with E-state index in [1.165, 1.54) is 6.07 Å². The van der Waals surface area contributed by atoms with Crippen molar-refractivity contribution >= 4 is 28.2 Å².